The summed E-state index contributed by atoms with van der Waals surface area (Å²) in [7, 11) is 0. The van der Waals surface area contributed by atoms with Gasteiger partial charge in [0, 0.05) is 34.3 Å². The summed E-state index contributed by atoms with van der Waals surface area (Å²) in [4.78, 5) is 10.4. The van der Waals surface area contributed by atoms with Crippen molar-refractivity contribution in [2.75, 3.05) is 0 Å². The first-order valence-electron chi connectivity index (χ1n) is 18.5. The predicted molar refractivity (Wildman–Crippen MR) is 222 cm³/mol. The minimum Gasteiger partial charge on any atom is -0.306 e. The maximum absolute atomic E-state index is 5.52. The molecule has 3 heterocycles. The van der Waals surface area contributed by atoms with E-state index in [1.54, 1.807) is 0 Å². The van der Waals surface area contributed by atoms with E-state index >= 15 is 0 Å². The standard InChI is InChI=1S/C51H33N3/c1-3-16-38(17-4-1)51(39-18-5-2-6-19-39)43-22-9-7-21-42(43)48-44(51)30-29-41-40-20-8-10-23-45(40)53-50(49(41)48)37-15-13-14-36(32-37)34-25-27-35(28-26-34)46-33-54-31-12-11-24-47(54)52-46/h1-33H. The van der Waals surface area contributed by atoms with Gasteiger partial charge in [-0.1, -0.05) is 164 Å². The third kappa shape index (κ3) is 4.49. The Kier molecular flexibility index (Phi) is 6.77. The average Bonchev–Trinajstić information content (AvgIpc) is 3.82. The summed E-state index contributed by atoms with van der Waals surface area (Å²) >= 11 is 0. The first-order chi connectivity index (χ1) is 26.8. The van der Waals surface area contributed by atoms with Crippen LogP contribution in [0.2, 0.25) is 0 Å². The van der Waals surface area contributed by atoms with Crippen molar-refractivity contribution in [2.45, 2.75) is 5.41 Å². The Labute approximate surface area is 313 Å². The lowest BCUT2D eigenvalue weighted by Gasteiger charge is -2.34. The first-order valence-corrected chi connectivity index (χ1v) is 18.5. The monoisotopic (exact) mass is 687 g/mol. The molecule has 0 unspecified atom stereocenters. The molecule has 3 aromatic heterocycles. The Balaban J connectivity index is 1.15. The van der Waals surface area contributed by atoms with Gasteiger partial charge in [-0.05, 0) is 74.2 Å². The van der Waals surface area contributed by atoms with Gasteiger partial charge in [-0.2, -0.15) is 0 Å². The molecule has 0 saturated carbocycles. The van der Waals surface area contributed by atoms with Crippen molar-refractivity contribution < 1.29 is 0 Å². The van der Waals surface area contributed by atoms with Gasteiger partial charge in [0.15, 0.2) is 0 Å². The molecule has 3 heteroatoms. The quantitative estimate of drug-likeness (QED) is 0.169. The molecule has 0 spiro atoms. The molecule has 10 aromatic rings. The van der Waals surface area contributed by atoms with Crippen molar-refractivity contribution in [3.8, 4) is 44.8 Å². The number of hydrogen-bond acceptors (Lipinski definition) is 2. The highest BCUT2D eigenvalue weighted by Gasteiger charge is 2.47. The number of hydrogen-bond donors (Lipinski definition) is 0. The third-order valence-electron chi connectivity index (χ3n) is 11.3. The van der Waals surface area contributed by atoms with E-state index in [1.165, 1.54) is 44.2 Å². The normalized spacial score (nSPS) is 13.0. The second kappa shape index (κ2) is 12.0. The number of rotatable bonds is 5. The van der Waals surface area contributed by atoms with Gasteiger partial charge in [0.2, 0.25) is 0 Å². The molecule has 0 N–H and O–H groups in total. The van der Waals surface area contributed by atoms with Gasteiger partial charge in [-0.3, -0.25) is 0 Å². The van der Waals surface area contributed by atoms with E-state index in [9.17, 15) is 0 Å². The Hall–Kier alpha value is -7.10. The van der Waals surface area contributed by atoms with Crippen molar-refractivity contribution in [1.29, 1.82) is 0 Å². The summed E-state index contributed by atoms with van der Waals surface area (Å²) in [5, 5.41) is 3.56. The minimum atomic E-state index is -0.490. The predicted octanol–water partition coefficient (Wildman–Crippen LogP) is 12.4. The van der Waals surface area contributed by atoms with Gasteiger partial charge in [0.05, 0.1) is 22.3 Å². The molecule has 1 aliphatic rings. The molecular formula is C51H33N3. The number of pyridine rings is 2. The van der Waals surface area contributed by atoms with E-state index in [1.807, 2.05) is 24.4 Å². The van der Waals surface area contributed by atoms with Crippen LogP contribution in [0.5, 0.6) is 0 Å². The van der Waals surface area contributed by atoms with Crippen LogP contribution in [-0.4, -0.2) is 14.4 Å². The van der Waals surface area contributed by atoms with Crippen LogP contribution in [-0.2, 0) is 5.41 Å². The van der Waals surface area contributed by atoms with Crippen LogP contribution in [0.1, 0.15) is 22.3 Å². The lowest BCUT2D eigenvalue weighted by atomic mass is 9.67. The fourth-order valence-corrected chi connectivity index (χ4v) is 8.94. The second-order valence-corrected chi connectivity index (χ2v) is 14.2. The molecule has 0 bridgehead atoms. The molecule has 0 saturated heterocycles. The topological polar surface area (TPSA) is 30.2 Å². The maximum atomic E-state index is 5.52. The van der Waals surface area contributed by atoms with Crippen LogP contribution in [0.4, 0.5) is 0 Å². The SMILES string of the molecule is c1ccc(C2(c3ccccc3)c3ccccc3-c3c2ccc2c3c(-c3cccc(-c4ccc(-c5cn6ccccc6n5)cc4)c3)nc3ccccc32)cc1. The second-order valence-electron chi connectivity index (χ2n) is 14.2. The highest BCUT2D eigenvalue weighted by Crippen LogP contribution is 2.59. The molecule has 1 aliphatic carbocycles. The fraction of sp³-hybridized carbons (Fsp3) is 0.0196. The minimum absolute atomic E-state index is 0.490. The first kappa shape index (κ1) is 30.5. The summed E-state index contributed by atoms with van der Waals surface area (Å²) in [5.41, 5.74) is 15.5. The number of aromatic nitrogens is 3. The van der Waals surface area contributed by atoms with Gasteiger partial charge in [0.25, 0.3) is 0 Å². The van der Waals surface area contributed by atoms with E-state index in [-0.39, 0.29) is 0 Å². The van der Waals surface area contributed by atoms with Crippen LogP contribution < -0.4 is 0 Å². The zero-order valence-electron chi connectivity index (χ0n) is 29.4. The summed E-state index contributed by atoms with van der Waals surface area (Å²) in [6.07, 6.45) is 4.12. The molecule has 3 nitrogen and oxygen atoms in total. The van der Waals surface area contributed by atoms with Gasteiger partial charge < -0.3 is 4.40 Å². The van der Waals surface area contributed by atoms with Gasteiger partial charge in [-0.25, -0.2) is 9.97 Å². The van der Waals surface area contributed by atoms with Crippen molar-refractivity contribution in [3.63, 3.8) is 0 Å². The molecule has 252 valence electrons. The Bertz CT molecular complexity index is 2960. The summed E-state index contributed by atoms with van der Waals surface area (Å²) in [6.45, 7) is 0. The number of nitrogens with zero attached hydrogens (tertiary/aromatic N) is 3. The van der Waals surface area contributed by atoms with E-state index in [2.05, 4.69) is 180 Å². The molecule has 0 aliphatic heterocycles. The zero-order valence-corrected chi connectivity index (χ0v) is 29.4. The van der Waals surface area contributed by atoms with Crippen LogP contribution >= 0.6 is 0 Å². The Morgan fingerprint density at radius 2 is 1.13 bits per heavy atom. The average molecular weight is 688 g/mol. The van der Waals surface area contributed by atoms with Crippen LogP contribution in [0.15, 0.2) is 200 Å². The number of fused-ring (bicyclic) bond motifs is 8. The van der Waals surface area contributed by atoms with E-state index in [0.29, 0.717) is 0 Å². The summed E-state index contributed by atoms with van der Waals surface area (Å²) in [5.74, 6) is 0. The van der Waals surface area contributed by atoms with E-state index < -0.39 is 5.41 Å². The fourth-order valence-electron chi connectivity index (χ4n) is 8.94. The van der Waals surface area contributed by atoms with Crippen LogP contribution in [0, 0.1) is 0 Å². The lowest BCUT2D eigenvalue weighted by Crippen LogP contribution is -2.28. The van der Waals surface area contributed by atoms with E-state index in [4.69, 9.17) is 9.97 Å². The number of benzene rings is 7. The zero-order chi connectivity index (χ0) is 35.6. The maximum Gasteiger partial charge on any atom is 0.137 e. The molecule has 11 rings (SSSR count). The lowest BCUT2D eigenvalue weighted by molar-refractivity contribution is 0.769. The van der Waals surface area contributed by atoms with Crippen molar-refractivity contribution in [3.05, 3.63) is 223 Å². The Morgan fingerprint density at radius 3 is 1.93 bits per heavy atom. The molecule has 0 fully saturated rings. The van der Waals surface area contributed by atoms with Crippen LogP contribution in [0.3, 0.4) is 0 Å². The highest BCUT2D eigenvalue weighted by atomic mass is 15.0. The van der Waals surface area contributed by atoms with Crippen molar-refractivity contribution in [1.82, 2.24) is 14.4 Å². The highest BCUT2D eigenvalue weighted by molar-refractivity contribution is 6.18. The molecule has 7 aromatic carbocycles. The molecule has 0 amide bonds. The summed E-state index contributed by atoms with van der Waals surface area (Å²) < 4.78 is 2.06. The Morgan fingerprint density at radius 1 is 0.444 bits per heavy atom. The number of para-hydroxylation sites is 1. The van der Waals surface area contributed by atoms with Gasteiger partial charge in [-0.15, -0.1) is 0 Å². The van der Waals surface area contributed by atoms with E-state index in [0.717, 1.165) is 50.2 Å². The summed E-state index contributed by atoms with van der Waals surface area (Å²) in [6, 6.07) is 68.0. The third-order valence-corrected chi connectivity index (χ3v) is 11.3. The smallest absolute Gasteiger partial charge is 0.137 e. The van der Waals surface area contributed by atoms with Gasteiger partial charge >= 0.3 is 0 Å². The molecule has 0 atom stereocenters. The van der Waals surface area contributed by atoms with Gasteiger partial charge in [0.1, 0.15) is 5.65 Å². The molecule has 0 radical (unpaired) electrons. The molecule has 54 heavy (non-hydrogen) atoms. The number of imidazole rings is 1. The van der Waals surface area contributed by atoms with Crippen LogP contribution in [0.25, 0.3) is 72.1 Å². The van der Waals surface area contributed by atoms with Crippen molar-refractivity contribution in [2.24, 2.45) is 0 Å². The largest absolute Gasteiger partial charge is 0.306 e. The molecular weight excluding hydrogens is 655 g/mol. The van der Waals surface area contributed by atoms with Crippen molar-refractivity contribution >= 4 is 27.3 Å².